The number of aryl methyl sites for hydroxylation is 1. The van der Waals surface area contributed by atoms with Crippen molar-refractivity contribution in [3.05, 3.63) is 74.4 Å². The van der Waals surface area contributed by atoms with Gasteiger partial charge in [-0.1, -0.05) is 11.6 Å². The van der Waals surface area contributed by atoms with E-state index in [0.717, 1.165) is 10.5 Å². The maximum Gasteiger partial charge on any atom is 0.277 e. The fourth-order valence-corrected chi connectivity index (χ4v) is 2.90. The summed E-state index contributed by atoms with van der Waals surface area (Å²) in [4.78, 5) is 36.3. The molecule has 1 aliphatic heterocycles. The van der Waals surface area contributed by atoms with Gasteiger partial charge in [-0.2, -0.15) is 0 Å². The molecule has 0 aliphatic carbocycles. The van der Waals surface area contributed by atoms with Gasteiger partial charge in [-0.15, -0.1) is 0 Å². The number of nitro benzene ring substituents is 1. The van der Waals surface area contributed by atoms with Crippen molar-refractivity contribution in [2.75, 3.05) is 12.4 Å². The molecule has 0 saturated heterocycles. The Balaban J connectivity index is 2.08. The Morgan fingerprint density at radius 3 is 2.31 bits per heavy atom. The Morgan fingerprint density at radius 2 is 1.73 bits per heavy atom. The van der Waals surface area contributed by atoms with E-state index < -0.39 is 16.7 Å². The lowest BCUT2D eigenvalue weighted by molar-refractivity contribution is -0.384. The van der Waals surface area contributed by atoms with Crippen LogP contribution in [0, 0.1) is 17.0 Å². The van der Waals surface area contributed by atoms with E-state index in [2.05, 4.69) is 5.32 Å². The molecule has 0 bridgehead atoms. The molecule has 0 fully saturated rings. The highest BCUT2D eigenvalue weighted by molar-refractivity contribution is 6.36. The quantitative estimate of drug-likeness (QED) is 0.505. The van der Waals surface area contributed by atoms with Crippen LogP contribution in [-0.2, 0) is 9.59 Å². The van der Waals surface area contributed by atoms with Gasteiger partial charge in [0.15, 0.2) is 0 Å². The summed E-state index contributed by atoms with van der Waals surface area (Å²) in [5.41, 5.74) is 2.07. The predicted molar refractivity (Wildman–Crippen MR) is 97.6 cm³/mol. The average molecular weight is 372 g/mol. The molecule has 26 heavy (non-hydrogen) atoms. The molecule has 0 aromatic heterocycles. The highest BCUT2D eigenvalue weighted by Crippen LogP contribution is 2.31. The van der Waals surface area contributed by atoms with Crippen LogP contribution in [0.2, 0.25) is 5.02 Å². The first-order valence-electron chi connectivity index (χ1n) is 7.64. The van der Waals surface area contributed by atoms with Gasteiger partial charge in [0.05, 0.1) is 10.5 Å². The Bertz CT molecular complexity index is 967. The number of nitrogens with zero attached hydrogens (tertiary/aromatic N) is 2. The smallest absolute Gasteiger partial charge is 0.277 e. The van der Waals surface area contributed by atoms with Crippen LogP contribution in [0.15, 0.2) is 48.2 Å². The SMILES string of the molecule is Cc1cc(Cl)ccc1NC1=C(c2ccc([N+](=O)[O-])cc2)C(=O)N(C)C1=O. The number of imide groups is 1. The maximum absolute atomic E-state index is 12.5. The summed E-state index contributed by atoms with van der Waals surface area (Å²) < 4.78 is 0. The number of carbonyl (C=O) groups excluding carboxylic acids is 2. The Hall–Kier alpha value is -3.19. The number of hydrogen-bond donors (Lipinski definition) is 1. The predicted octanol–water partition coefficient (Wildman–Crippen LogP) is 3.38. The summed E-state index contributed by atoms with van der Waals surface area (Å²) in [6, 6.07) is 10.6. The van der Waals surface area contributed by atoms with Crippen LogP contribution >= 0.6 is 11.6 Å². The number of hydrogen-bond acceptors (Lipinski definition) is 5. The van der Waals surface area contributed by atoms with E-state index in [1.54, 1.807) is 18.2 Å². The number of amides is 2. The van der Waals surface area contributed by atoms with E-state index in [9.17, 15) is 19.7 Å². The van der Waals surface area contributed by atoms with Crippen molar-refractivity contribution in [2.45, 2.75) is 6.92 Å². The lowest BCUT2D eigenvalue weighted by Gasteiger charge is -2.11. The first-order chi connectivity index (χ1) is 12.3. The molecule has 1 N–H and O–H groups in total. The molecule has 1 aliphatic rings. The molecule has 0 radical (unpaired) electrons. The van der Waals surface area contributed by atoms with Crippen LogP contribution in [0.25, 0.3) is 5.57 Å². The summed E-state index contributed by atoms with van der Waals surface area (Å²) >= 11 is 5.95. The van der Waals surface area contributed by atoms with Gasteiger partial charge >= 0.3 is 0 Å². The molecule has 0 atom stereocenters. The third-order valence-electron chi connectivity index (χ3n) is 4.10. The molecule has 2 aromatic rings. The van der Waals surface area contributed by atoms with Crippen LogP contribution in [0.1, 0.15) is 11.1 Å². The van der Waals surface area contributed by atoms with E-state index in [1.807, 2.05) is 6.92 Å². The van der Waals surface area contributed by atoms with Crippen LogP contribution in [0.3, 0.4) is 0 Å². The maximum atomic E-state index is 12.5. The standard InChI is InChI=1S/C18H14ClN3O4/c1-10-9-12(19)5-8-14(10)20-16-15(17(23)21(2)18(16)24)11-3-6-13(7-4-11)22(25)26/h3-9,20H,1-2H3. The van der Waals surface area contributed by atoms with Crippen molar-refractivity contribution in [3.63, 3.8) is 0 Å². The molecule has 0 unspecified atom stereocenters. The number of nitrogens with one attached hydrogen (secondary N) is 1. The van der Waals surface area contributed by atoms with E-state index in [0.29, 0.717) is 16.3 Å². The van der Waals surface area contributed by atoms with Gasteiger partial charge < -0.3 is 5.32 Å². The number of carbonyl (C=O) groups is 2. The molecular weight excluding hydrogens is 358 g/mol. The Morgan fingerprint density at radius 1 is 1.08 bits per heavy atom. The summed E-state index contributed by atoms with van der Waals surface area (Å²) in [7, 11) is 1.39. The second-order valence-electron chi connectivity index (χ2n) is 5.81. The number of likely N-dealkylation sites (N-methyl/N-ethyl adjacent to an activating group) is 1. The summed E-state index contributed by atoms with van der Waals surface area (Å²) in [5.74, 6) is -0.948. The number of rotatable bonds is 4. The fourth-order valence-electron chi connectivity index (χ4n) is 2.68. The highest BCUT2D eigenvalue weighted by Gasteiger charge is 2.37. The molecule has 0 spiro atoms. The van der Waals surface area contributed by atoms with Gasteiger partial charge in [-0.25, -0.2) is 0 Å². The largest absolute Gasteiger partial charge is 0.350 e. The van der Waals surface area contributed by atoms with E-state index in [1.165, 1.54) is 31.3 Å². The molecule has 1 heterocycles. The van der Waals surface area contributed by atoms with Gasteiger partial charge in [0.2, 0.25) is 0 Å². The number of benzene rings is 2. The molecule has 0 saturated carbocycles. The van der Waals surface area contributed by atoms with Crippen molar-refractivity contribution in [2.24, 2.45) is 0 Å². The zero-order valence-corrected chi connectivity index (χ0v) is 14.7. The number of non-ortho nitro benzene ring substituents is 1. The zero-order valence-electron chi connectivity index (χ0n) is 13.9. The Kier molecular flexibility index (Phi) is 4.48. The monoisotopic (exact) mass is 371 g/mol. The zero-order chi connectivity index (χ0) is 19.0. The lowest BCUT2D eigenvalue weighted by Crippen LogP contribution is -2.28. The molecule has 132 valence electrons. The number of halogens is 1. The van der Waals surface area contributed by atoms with Crippen LogP contribution in [0.5, 0.6) is 0 Å². The minimum absolute atomic E-state index is 0.0949. The topological polar surface area (TPSA) is 92.6 Å². The third-order valence-corrected chi connectivity index (χ3v) is 4.34. The van der Waals surface area contributed by atoms with Crippen molar-refractivity contribution in [1.82, 2.24) is 4.90 Å². The Labute approximate surface area is 154 Å². The molecule has 2 aromatic carbocycles. The van der Waals surface area contributed by atoms with Gasteiger partial charge in [0, 0.05) is 29.9 Å². The summed E-state index contributed by atoms with van der Waals surface area (Å²) in [5, 5.41) is 14.4. The second kappa shape index (κ2) is 6.61. The van der Waals surface area contributed by atoms with Crippen molar-refractivity contribution >= 4 is 40.4 Å². The van der Waals surface area contributed by atoms with Gasteiger partial charge in [-0.05, 0) is 48.4 Å². The summed E-state index contributed by atoms with van der Waals surface area (Å²) in [6.07, 6.45) is 0. The van der Waals surface area contributed by atoms with E-state index in [-0.39, 0.29) is 17.0 Å². The average Bonchev–Trinajstić information content (AvgIpc) is 2.81. The second-order valence-corrected chi connectivity index (χ2v) is 6.24. The first kappa shape index (κ1) is 17.6. The number of nitro groups is 1. The molecule has 3 rings (SSSR count). The molecule has 7 nitrogen and oxygen atoms in total. The van der Waals surface area contributed by atoms with Crippen LogP contribution < -0.4 is 5.32 Å². The van der Waals surface area contributed by atoms with Gasteiger partial charge in [-0.3, -0.25) is 24.6 Å². The molecule has 8 heteroatoms. The van der Waals surface area contributed by atoms with Gasteiger partial charge in [0.25, 0.3) is 17.5 Å². The molecular formula is C18H14ClN3O4. The minimum Gasteiger partial charge on any atom is -0.350 e. The highest BCUT2D eigenvalue weighted by atomic mass is 35.5. The fraction of sp³-hybridized carbons (Fsp3) is 0.111. The van der Waals surface area contributed by atoms with E-state index >= 15 is 0 Å². The van der Waals surface area contributed by atoms with Gasteiger partial charge in [0.1, 0.15) is 5.70 Å². The third kappa shape index (κ3) is 3.04. The summed E-state index contributed by atoms with van der Waals surface area (Å²) in [6.45, 7) is 1.82. The number of anilines is 1. The minimum atomic E-state index is -0.526. The van der Waals surface area contributed by atoms with Crippen molar-refractivity contribution in [3.8, 4) is 0 Å². The van der Waals surface area contributed by atoms with Crippen molar-refractivity contribution < 1.29 is 14.5 Å². The van der Waals surface area contributed by atoms with Crippen molar-refractivity contribution in [1.29, 1.82) is 0 Å². The molecule has 2 amide bonds. The van der Waals surface area contributed by atoms with Crippen LogP contribution in [-0.4, -0.2) is 28.7 Å². The normalized spacial score (nSPS) is 14.2. The lowest BCUT2D eigenvalue weighted by atomic mass is 10.0. The first-order valence-corrected chi connectivity index (χ1v) is 8.02. The van der Waals surface area contributed by atoms with E-state index in [4.69, 9.17) is 11.6 Å². The van der Waals surface area contributed by atoms with Crippen LogP contribution in [0.4, 0.5) is 11.4 Å².